The Bertz CT molecular complexity index is 486. The second-order valence-corrected chi connectivity index (χ2v) is 5.80. The van der Waals surface area contributed by atoms with Crippen LogP contribution in [0.5, 0.6) is 0 Å². The van der Waals surface area contributed by atoms with Crippen molar-refractivity contribution in [2.75, 3.05) is 11.9 Å². The van der Waals surface area contributed by atoms with E-state index >= 15 is 0 Å². The molecule has 0 spiro atoms. The predicted octanol–water partition coefficient (Wildman–Crippen LogP) is 3.25. The van der Waals surface area contributed by atoms with Crippen LogP contribution in [0, 0.1) is 18.8 Å². The monoisotopic (exact) mass is 292 g/mol. The number of aliphatic carboxylic acids is 1. The number of benzene rings is 1. The van der Waals surface area contributed by atoms with Gasteiger partial charge in [0.2, 0.25) is 0 Å². The van der Waals surface area contributed by atoms with Crippen molar-refractivity contribution in [3.63, 3.8) is 0 Å². The maximum Gasteiger partial charge on any atom is 0.319 e. The minimum absolute atomic E-state index is 0.0502. The van der Waals surface area contributed by atoms with Crippen molar-refractivity contribution in [1.82, 2.24) is 5.32 Å². The highest BCUT2D eigenvalue weighted by Gasteiger charge is 2.16. The summed E-state index contributed by atoms with van der Waals surface area (Å²) in [7, 11) is 0. The van der Waals surface area contributed by atoms with E-state index in [0.29, 0.717) is 12.5 Å². The van der Waals surface area contributed by atoms with Gasteiger partial charge in [0.1, 0.15) is 0 Å². The quantitative estimate of drug-likeness (QED) is 0.721. The van der Waals surface area contributed by atoms with Crippen LogP contribution in [-0.4, -0.2) is 23.7 Å². The van der Waals surface area contributed by atoms with E-state index in [-0.39, 0.29) is 18.4 Å². The lowest BCUT2D eigenvalue weighted by Gasteiger charge is -2.18. The molecule has 1 rings (SSSR count). The molecule has 0 aliphatic heterocycles. The maximum absolute atomic E-state index is 11.8. The van der Waals surface area contributed by atoms with E-state index in [4.69, 9.17) is 5.11 Å². The third kappa shape index (κ3) is 7.34. The summed E-state index contributed by atoms with van der Waals surface area (Å²) in [5, 5.41) is 14.4. The largest absolute Gasteiger partial charge is 0.481 e. The lowest BCUT2D eigenvalue weighted by Crippen LogP contribution is -2.34. The minimum atomic E-state index is -0.832. The number of carbonyl (C=O) groups excluding carboxylic acids is 1. The molecule has 0 fully saturated rings. The molecule has 0 saturated heterocycles. The van der Waals surface area contributed by atoms with Crippen molar-refractivity contribution in [2.45, 2.75) is 33.6 Å². The number of nitrogens with one attached hydrogen (secondary N) is 2. The molecule has 3 N–H and O–H groups in total. The average Bonchev–Trinajstić information content (AvgIpc) is 2.34. The van der Waals surface area contributed by atoms with Crippen LogP contribution in [-0.2, 0) is 4.79 Å². The van der Waals surface area contributed by atoms with E-state index in [9.17, 15) is 9.59 Å². The van der Waals surface area contributed by atoms with Gasteiger partial charge in [-0.1, -0.05) is 26.0 Å². The van der Waals surface area contributed by atoms with Crippen LogP contribution < -0.4 is 10.6 Å². The first kappa shape index (κ1) is 17.0. The third-order valence-corrected chi connectivity index (χ3v) is 3.10. The van der Waals surface area contributed by atoms with Crippen molar-refractivity contribution in [3.05, 3.63) is 29.8 Å². The Morgan fingerprint density at radius 3 is 2.57 bits per heavy atom. The summed E-state index contributed by atoms with van der Waals surface area (Å²) in [6.45, 7) is 6.40. The molecular weight excluding hydrogens is 268 g/mol. The van der Waals surface area contributed by atoms with Crippen LogP contribution in [0.3, 0.4) is 0 Å². The van der Waals surface area contributed by atoms with Crippen molar-refractivity contribution in [3.8, 4) is 0 Å². The molecule has 1 atom stereocenters. The van der Waals surface area contributed by atoms with Gasteiger partial charge < -0.3 is 15.7 Å². The summed E-state index contributed by atoms with van der Waals surface area (Å²) in [6.07, 6.45) is 0.847. The molecule has 0 saturated carbocycles. The first-order chi connectivity index (χ1) is 9.86. The topological polar surface area (TPSA) is 78.4 Å². The number of carbonyl (C=O) groups is 2. The molecule has 1 aromatic carbocycles. The number of urea groups is 1. The molecule has 21 heavy (non-hydrogen) atoms. The second kappa shape index (κ2) is 8.29. The van der Waals surface area contributed by atoms with Crippen LogP contribution in [0.15, 0.2) is 24.3 Å². The van der Waals surface area contributed by atoms with Crippen LogP contribution in [0.25, 0.3) is 0 Å². The van der Waals surface area contributed by atoms with E-state index in [2.05, 4.69) is 10.6 Å². The molecule has 0 bridgehead atoms. The zero-order chi connectivity index (χ0) is 15.8. The van der Waals surface area contributed by atoms with Gasteiger partial charge in [-0.2, -0.15) is 0 Å². The van der Waals surface area contributed by atoms with Gasteiger partial charge in [0, 0.05) is 18.7 Å². The van der Waals surface area contributed by atoms with Gasteiger partial charge in [-0.05, 0) is 42.9 Å². The van der Waals surface area contributed by atoms with Crippen LogP contribution in [0.2, 0.25) is 0 Å². The highest BCUT2D eigenvalue weighted by molar-refractivity contribution is 5.89. The molecule has 116 valence electrons. The Morgan fingerprint density at radius 2 is 2.00 bits per heavy atom. The lowest BCUT2D eigenvalue weighted by molar-refractivity contribution is -0.138. The molecule has 0 unspecified atom stereocenters. The van der Waals surface area contributed by atoms with Crippen molar-refractivity contribution in [2.24, 2.45) is 11.8 Å². The van der Waals surface area contributed by atoms with E-state index in [1.807, 2.05) is 45.0 Å². The minimum Gasteiger partial charge on any atom is -0.481 e. The first-order valence-electron chi connectivity index (χ1n) is 7.20. The molecule has 0 radical (unpaired) electrons. The number of rotatable bonds is 7. The number of anilines is 1. The fourth-order valence-corrected chi connectivity index (χ4v) is 2.29. The zero-order valence-corrected chi connectivity index (χ0v) is 12.8. The van der Waals surface area contributed by atoms with Crippen LogP contribution >= 0.6 is 0 Å². The van der Waals surface area contributed by atoms with Gasteiger partial charge in [-0.3, -0.25) is 4.79 Å². The molecule has 1 aromatic rings. The summed E-state index contributed by atoms with van der Waals surface area (Å²) in [6, 6.07) is 7.21. The zero-order valence-electron chi connectivity index (χ0n) is 12.8. The molecule has 5 heteroatoms. The molecule has 0 aromatic heterocycles. The normalized spacial score (nSPS) is 12.0. The van der Waals surface area contributed by atoms with Gasteiger partial charge in [0.25, 0.3) is 0 Å². The number of hydrogen-bond donors (Lipinski definition) is 3. The Hall–Kier alpha value is -2.04. The third-order valence-electron chi connectivity index (χ3n) is 3.10. The summed E-state index contributed by atoms with van der Waals surface area (Å²) < 4.78 is 0. The molecule has 2 amide bonds. The number of carboxylic acid groups (broad SMARTS) is 1. The Labute approximate surface area is 125 Å². The summed E-state index contributed by atoms with van der Waals surface area (Å²) >= 11 is 0. The number of carboxylic acids is 1. The van der Waals surface area contributed by atoms with E-state index in [1.165, 1.54) is 0 Å². The van der Waals surface area contributed by atoms with E-state index < -0.39 is 5.97 Å². The smallest absolute Gasteiger partial charge is 0.319 e. The highest BCUT2D eigenvalue weighted by Crippen LogP contribution is 2.15. The predicted molar refractivity (Wildman–Crippen MR) is 83.4 cm³/mol. The van der Waals surface area contributed by atoms with Gasteiger partial charge in [-0.25, -0.2) is 4.79 Å². The molecule has 0 heterocycles. The van der Waals surface area contributed by atoms with Crippen molar-refractivity contribution < 1.29 is 14.7 Å². The Balaban J connectivity index is 2.47. The Morgan fingerprint density at radius 1 is 1.29 bits per heavy atom. The first-order valence-corrected chi connectivity index (χ1v) is 7.20. The Kier molecular flexibility index (Phi) is 6.72. The maximum atomic E-state index is 11.8. The molecule has 0 aliphatic rings. The van der Waals surface area contributed by atoms with E-state index in [1.54, 1.807) is 0 Å². The number of aryl methyl sites for hydroxylation is 1. The van der Waals surface area contributed by atoms with Crippen molar-refractivity contribution >= 4 is 17.7 Å². The summed E-state index contributed by atoms with van der Waals surface area (Å²) in [5.41, 5.74) is 1.79. The fourth-order valence-electron chi connectivity index (χ4n) is 2.29. The van der Waals surface area contributed by atoms with Gasteiger partial charge in [0.05, 0.1) is 0 Å². The van der Waals surface area contributed by atoms with Crippen LogP contribution in [0.1, 0.15) is 32.3 Å². The number of hydrogen-bond acceptors (Lipinski definition) is 2. The summed E-state index contributed by atoms with van der Waals surface area (Å²) in [4.78, 5) is 22.7. The second-order valence-electron chi connectivity index (χ2n) is 5.80. The molecule has 0 aliphatic carbocycles. The fraction of sp³-hybridized carbons (Fsp3) is 0.500. The average molecular weight is 292 g/mol. The highest BCUT2D eigenvalue weighted by atomic mass is 16.4. The van der Waals surface area contributed by atoms with Crippen LogP contribution in [0.4, 0.5) is 10.5 Å². The summed E-state index contributed by atoms with van der Waals surface area (Å²) in [5.74, 6) is -0.483. The van der Waals surface area contributed by atoms with Gasteiger partial charge in [0.15, 0.2) is 0 Å². The van der Waals surface area contributed by atoms with Gasteiger partial charge in [-0.15, -0.1) is 0 Å². The standard InChI is InChI=1S/C16H24N2O3/c1-11(2)7-13(9-15(19)20)10-17-16(21)18-14-6-4-5-12(3)8-14/h4-6,8,11,13H,7,9-10H2,1-3H3,(H,19,20)(H2,17,18,21)/t13-/m0/s1. The van der Waals surface area contributed by atoms with Gasteiger partial charge >= 0.3 is 12.0 Å². The molecular formula is C16H24N2O3. The SMILES string of the molecule is Cc1cccc(NC(=O)NC[C@H](CC(=O)O)CC(C)C)c1. The van der Waals surface area contributed by atoms with Crippen molar-refractivity contribution in [1.29, 1.82) is 0 Å². The van der Waals surface area contributed by atoms with E-state index in [0.717, 1.165) is 17.7 Å². The molecule has 5 nitrogen and oxygen atoms in total. The lowest BCUT2D eigenvalue weighted by atomic mass is 9.94. The number of amides is 2.